The molecule has 5 nitrogen and oxygen atoms in total. The van der Waals surface area contributed by atoms with E-state index in [2.05, 4.69) is 15.1 Å². The van der Waals surface area contributed by atoms with Crippen LogP contribution in [-0.2, 0) is 16.1 Å². The van der Waals surface area contributed by atoms with Gasteiger partial charge >= 0.3 is 5.97 Å². The van der Waals surface area contributed by atoms with Crippen LogP contribution < -0.4 is 0 Å². The monoisotopic (exact) mass is 283 g/mol. The van der Waals surface area contributed by atoms with E-state index in [9.17, 15) is 4.79 Å². The van der Waals surface area contributed by atoms with Crippen LogP contribution >= 0.6 is 11.6 Å². The van der Waals surface area contributed by atoms with E-state index in [0.717, 1.165) is 31.6 Å². The van der Waals surface area contributed by atoms with Crippen molar-refractivity contribution < 1.29 is 9.53 Å². The normalized spacial score (nSPS) is 20.2. The molecule has 1 aromatic heterocycles. The first-order chi connectivity index (χ1) is 9.19. The summed E-state index contributed by atoms with van der Waals surface area (Å²) in [5, 5.41) is 8.26. The van der Waals surface area contributed by atoms with Crippen molar-refractivity contribution in [3.05, 3.63) is 23.0 Å². The molecule has 0 amide bonds. The van der Waals surface area contributed by atoms with Crippen molar-refractivity contribution in [2.75, 3.05) is 19.7 Å². The fraction of sp³-hybridized carbons (Fsp3) is 0.615. The first-order valence-corrected chi connectivity index (χ1v) is 6.94. The van der Waals surface area contributed by atoms with E-state index >= 15 is 0 Å². The Morgan fingerprint density at radius 2 is 2.37 bits per heavy atom. The van der Waals surface area contributed by atoms with Crippen LogP contribution in [0, 0.1) is 5.92 Å². The fourth-order valence-electron chi connectivity index (χ4n) is 2.31. The third kappa shape index (κ3) is 4.14. The molecule has 0 N–H and O–H groups in total. The molecule has 1 atom stereocenters. The Balaban J connectivity index is 1.90. The first-order valence-electron chi connectivity index (χ1n) is 6.56. The minimum atomic E-state index is -0.0885. The van der Waals surface area contributed by atoms with Crippen molar-refractivity contribution in [2.45, 2.75) is 26.3 Å². The van der Waals surface area contributed by atoms with Crippen LogP contribution in [0.5, 0.6) is 0 Å². The van der Waals surface area contributed by atoms with E-state index in [1.807, 2.05) is 13.0 Å². The highest BCUT2D eigenvalue weighted by molar-refractivity contribution is 6.29. The van der Waals surface area contributed by atoms with Gasteiger partial charge in [-0.15, -0.1) is 5.10 Å². The number of nitrogens with zero attached hydrogens (tertiary/aromatic N) is 3. The summed E-state index contributed by atoms with van der Waals surface area (Å²) in [5.74, 6) is -0.108. The first kappa shape index (κ1) is 14.2. The van der Waals surface area contributed by atoms with Gasteiger partial charge in [-0.1, -0.05) is 11.6 Å². The number of likely N-dealkylation sites (tertiary alicyclic amines) is 1. The lowest BCUT2D eigenvalue weighted by molar-refractivity contribution is -0.150. The second kappa shape index (κ2) is 6.82. The van der Waals surface area contributed by atoms with Gasteiger partial charge in [-0.05, 0) is 38.4 Å². The summed E-state index contributed by atoms with van der Waals surface area (Å²) >= 11 is 5.71. The number of hydrogen-bond acceptors (Lipinski definition) is 5. The van der Waals surface area contributed by atoms with E-state index < -0.39 is 0 Å². The standard InChI is InChI=1S/C13H18ClN3O2/c1-2-19-13(18)10-4-3-7-17(8-10)9-11-5-6-12(14)16-15-11/h5-6,10H,2-4,7-9H2,1H3. The summed E-state index contributed by atoms with van der Waals surface area (Å²) < 4.78 is 5.08. The van der Waals surface area contributed by atoms with Crippen molar-refractivity contribution in [3.63, 3.8) is 0 Å². The van der Waals surface area contributed by atoms with Crippen LogP contribution in [0.1, 0.15) is 25.5 Å². The van der Waals surface area contributed by atoms with Crippen molar-refractivity contribution in [2.24, 2.45) is 5.92 Å². The molecule has 6 heteroatoms. The zero-order chi connectivity index (χ0) is 13.7. The zero-order valence-corrected chi connectivity index (χ0v) is 11.8. The van der Waals surface area contributed by atoms with Gasteiger partial charge in [0.2, 0.25) is 0 Å². The maximum absolute atomic E-state index is 11.7. The largest absolute Gasteiger partial charge is 0.466 e. The van der Waals surface area contributed by atoms with Gasteiger partial charge in [0.15, 0.2) is 5.15 Å². The number of ether oxygens (including phenoxy) is 1. The molecule has 2 heterocycles. The highest BCUT2D eigenvalue weighted by Gasteiger charge is 2.26. The number of carbonyl (C=O) groups is 1. The number of halogens is 1. The van der Waals surface area contributed by atoms with Crippen molar-refractivity contribution in [1.29, 1.82) is 0 Å². The number of hydrogen-bond donors (Lipinski definition) is 0. The molecular formula is C13H18ClN3O2. The van der Waals surface area contributed by atoms with Crippen LogP contribution in [0.2, 0.25) is 5.15 Å². The molecule has 1 unspecified atom stereocenters. The van der Waals surface area contributed by atoms with Gasteiger partial charge in [-0.2, -0.15) is 5.10 Å². The molecule has 0 saturated carbocycles. The summed E-state index contributed by atoms with van der Waals surface area (Å²) in [6.45, 7) is 4.67. The van der Waals surface area contributed by atoms with E-state index in [-0.39, 0.29) is 11.9 Å². The highest BCUT2D eigenvalue weighted by atomic mass is 35.5. The number of aromatic nitrogens is 2. The summed E-state index contributed by atoms with van der Waals surface area (Å²) in [5.41, 5.74) is 0.869. The summed E-state index contributed by atoms with van der Waals surface area (Å²) in [7, 11) is 0. The Kier molecular flexibility index (Phi) is 5.10. The molecule has 0 aromatic carbocycles. The Hall–Kier alpha value is -1.20. The van der Waals surface area contributed by atoms with Gasteiger partial charge in [-0.25, -0.2) is 0 Å². The minimum absolute atomic E-state index is 0.0195. The lowest BCUT2D eigenvalue weighted by atomic mass is 9.98. The van der Waals surface area contributed by atoms with Crippen molar-refractivity contribution in [3.8, 4) is 0 Å². The summed E-state index contributed by atoms with van der Waals surface area (Å²) in [4.78, 5) is 14.0. The zero-order valence-electron chi connectivity index (χ0n) is 11.0. The average molecular weight is 284 g/mol. The quantitative estimate of drug-likeness (QED) is 0.790. The molecule has 1 fully saturated rings. The molecule has 19 heavy (non-hydrogen) atoms. The maximum atomic E-state index is 11.7. The smallest absolute Gasteiger partial charge is 0.310 e. The van der Waals surface area contributed by atoms with Crippen LogP contribution in [0.4, 0.5) is 0 Å². The van der Waals surface area contributed by atoms with Crippen LogP contribution in [-0.4, -0.2) is 40.8 Å². The van der Waals surface area contributed by atoms with Crippen LogP contribution in [0.25, 0.3) is 0 Å². The Morgan fingerprint density at radius 1 is 1.53 bits per heavy atom. The predicted molar refractivity (Wildman–Crippen MR) is 71.7 cm³/mol. The Morgan fingerprint density at radius 3 is 3.05 bits per heavy atom. The average Bonchev–Trinajstić information content (AvgIpc) is 2.42. The topological polar surface area (TPSA) is 55.3 Å². The Labute approximate surface area is 117 Å². The van der Waals surface area contributed by atoms with Crippen LogP contribution in [0.15, 0.2) is 12.1 Å². The minimum Gasteiger partial charge on any atom is -0.466 e. The second-order valence-corrected chi connectivity index (χ2v) is 5.06. The third-order valence-electron chi connectivity index (χ3n) is 3.20. The molecule has 1 aromatic rings. The predicted octanol–water partition coefficient (Wildman–Crippen LogP) is 1.91. The van der Waals surface area contributed by atoms with Crippen molar-refractivity contribution >= 4 is 17.6 Å². The van der Waals surface area contributed by atoms with Gasteiger partial charge in [0.1, 0.15) is 0 Å². The van der Waals surface area contributed by atoms with E-state index in [4.69, 9.17) is 16.3 Å². The van der Waals surface area contributed by atoms with Crippen LogP contribution in [0.3, 0.4) is 0 Å². The SMILES string of the molecule is CCOC(=O)C1CCCN(Cc2ccc(Cl)nn2)C1. The highest BCUT2D eigenvalue weighted by Crippen LogP contribution is 2.19. The fourth-order valence-corrected chi connectivity index (χ4v) is 2.41. The third-order valence-corrected chi connectivity index (χ3v) is 3.40. The number of rotatable bonds is 4. The van der Waals surface area contributed by atoms with E-state index in [0.29, 0.717) is 18.3 Å². The lowest BCUT2D eigenvalue weighted by Crippen LogP contribution is -2.39. The molecule has 0 spiro atoms. The molecule has 1 aliphatic heterocycles. The van der Waals surface area contributed by atoms with Gasteiger partial charge in [0.25, 0.3) is 0 Å². The van der Waals surface area contributed by atoms with E-state index in [1.54, 1.807) is 6.07 Å². The Bertz CT molecular complexity index is 424. The second-order valence-electron chi connectivity index (χ2n) is 4.67. The lowest BCUT2D eigenvalue weighted by Gasteiger charge is -2.30. The van der Waals surface area contributed by atoms with E-state index in [1.165, 1.54) is 0 Å². The molecule has 104 valence electrons. The van der Waals surface area contributed by atoms with Gasteiger partial charge < -0.3 is 4.74 Å². The number of esters is 1. The van der Waals surface area contributed by atoms with Crippen molar-refractivity contribution in [1.82, 2.24) is 15.1 Å². The summed E-state index contributed by atoms with van der Waals surface area (Å²) in [6.07, 6.45) is 1.91. The molecular weight excluding hydrogens is 266 g/mol. The molecule has 0 aliphatic carbocycles. The van der Waals surface area contributed by atoms with Gasteiger partial charge in [0, 0.05) is 13.1 Å². The summed E-state index contributed by atoms with van der Waals surface area (Å²) in [6, 6.07) is 3.60. The van der Waals surface area contributed by atoms with Gasteiger partial charge in [0.05, 0.1) is 18.2 Å². The molecule has 1 saturated heterocycles. The molecule has 2 rings (SSSR count). The molecule has 0 radical (unpaired) electrons. The number of piperidine rings is 1. The van der Waals surface area contributed by atoms with Gasteiger partial charge in [-0.3, -0.25) is 9.69 Å². The maximum Gasteiger partial charge on any atom is 0.310 e. The molecule has 1 aliphatic rings. The number of carbonyl (C=O) groups excluding carboxylic acids is 1. The molecule has 0 bridgehead atoms.